The summed E-state index contributed by atoms with van der Waals surface area (Å²) in [6.45, 7) is 6.45. The number of ether oxygens (including phenoxy) is 1. The number of hydrogen-bond donors (Lipinski definition) is 1. The van der Waals surface area contributed by atoms with Crippen LogP contribution in [0.3, 0.4) is 0 Å². The van der Waals surface area contributed by atoms with E-state index in [-0.39, 0.29) is 12.4 Å². The lowest BCUT2D eigenvalue weighted by Gasteiger charge is -2.33. The van der Waals surface area contributed by atoms with Crippen LogP contribution in [0.5, 0.6) is 5.75 Å². The number of thiazole rings is 1. The molecule has 6 heteroatoms. The van der Waals surface area contributed by atoms with Crippen LogP contribution in [0.2, 0.25) is 0 Å². The van der Waals surface area contributed by atoms with Gasteiger partial charge < -0.3 is 10.1 Å². The Bertz CT molecular complexity index is 575. The van der Waals surface area contributed by atoms with Crippen LogP contribution in [0, 0.1) is 0 Å². The van der Waals surface area contributed by atoms with Crippen molar-refractivity contribution in [1.29, 1.82) is 0 Å². The Morgan fingerprint density at radius 3 is 3.10 bits per heavy atom. The van der Waals surface area contributed by atoms with Crippen molar-refractivity contribution in [3.63, 3.8) is 0 Å². The van der Waals surface area contributed by atoms with Crippen molar-refractivity contribution in [2.75, 3.05) is 26.7 Å². The van der Waals surface area contributed by atoms with E-state index in [4.69, 9.17) is 9.72 Å². The van der Waals surface area contributed by atoms with Crippen molar-refractivity contribution in [3.8, 4) is 5.75 Å². The standard InChI is InChI=1S/C14H19N3OS.ClH/c1-10-8-15-5-6-17(10)9-14-16-12-4-3-11(18-2)7-13(12)19-14;/h3-4,7,10,15H,5-6,8-9H2,1-2H3;1H/t10-;/m1./s1. The Labute approximate surface area is 129 Å². The first-order valence-electron chi connectivity index (χ1n) is 6.64. The van der Waals surface area contributed by atoms with Crippen molar-refractivity contribution in [1.82, 2.24) is 15.2 Å². The molecule has 1 aromatic heterocycles. The van der Waals surface area contributed by atoms with E-state index in [0.29, 0.717) is 6.04 Å². The van der Waals surface area contributed by atoms with E-state index in [1.807, 2.05) is 12.1 Å². The molecular formula is C14H20ClN3OS. The minimum absolute atomic E-state index is 0. The molecule has 0 radical (unpaired) electrons. The summed E-state index contributed by atoms with van der Waals surface area (Å²) in [7, 11) is 1.70. The Balaban J connectivity index is 0.00000147. The minimum Gasteiger partial charge on any atom is -0.497 e. The lowest BCUT2D eigenvalue weighted by Crippen LogP contribution is -2.49. The number of hydrogen-bond acceptors (Lipinski definition) is 5. The van der Waals surface area contributed by atoms with Gasteiger partial charge in [-0.15, -0.1) is 23.7 Å². The maximum atomic E-state index is 5.26. The molecule has 2 aromatic rings. The second kappa shape index (κ2) is 6.72. The van der Waals surface area contributed by atoms with E-state index in [9.17, 15) is 0 Å². The molecule has 3 rings (SSSR count). The molecule has 1 N–H and O–H groups in total. The van der Waals surface area contributed by atoms with Gasteiger partial charge in [-0.3, -0.25) is 4.90 Å². The zero-order valence-electron chi connectivity index (χ0n) is 11.8. The van der Waals surface area contributed by atoms with Crippen LogP contribution >= 0.6 is 23.7 Å². The fourth-order valence-corrected chi connectivity index (χ4v) is 3.46. The number of methoxy groups -OCH3 is 1. The highest BCUT2D eigenvalue weighted by molar-refractivity contribution is 7.18. The molecule has 0 spiro atoms. The Hall–Kier alpha value is -0.880. The summed E-state index contributed by atoms with van der Waals surface area (Å²) in [5.74, 6) is 0.901. The third kappa shape index (κ3) is 3.23. The monoisotopic (exact) mass is 313 g/mol. The first kappa shape index (κ1) is 15.5. The van der Waals surface area contributed by atoms with Crippen LogP contribution in [0.25, 0.3) is 10.2 Å². The highest BCUT2D eigenvalue weighted by Crippen LogP contribution is 2.27. The zero-order chi connectivity index (χ0) is 13.2. The van der Waals surface area contributed by atoms with Gasteiger partial charge in [0.05, 0.1) is 23.9 Å². The maximum Gasteiger partial charge on any atom is 0.120 e. The normalized spacial score (nSPS) is 19.8. The number of aromatic nitrogens is 1. The highest BCUT2D eigenvalue weighted by atomic mass is 35.5. The van der Waals surface area contributed by atoms with Gasteiger partial charge in [0.2, 0.25) is 0 Å². The van der Waals surface area contributed by atoms with Gasteiger partial charge in [0.25, 0.3) is 0 Å². The van der Waals surface area contributed by atoms with Crippen molar-refractivity contribution in [2.24, 2.45) is 0 Å². The third-order valence-corrected chi connectivity index (χ3v) is 4.62. The summed E-state index contributed by atoms with van der Waals surface area (Å²) in [6.07, 6.45) is 0. The second-order valence-corrected chi connectivity index (χ2v) is 6.08. The van der Waals surface area contributed by atoms with Crippen LogP contribution < -0.4 is 10.1 Å². The summed E-state index contributed by atoms with van der Waals surface area (Å²) >= 11 is 1.77. The van der Waals surface area contributed by atoms with Gasteiger partial charge >= 0.3 is 0 Å². The van der Waals surface area contributed by atoms with Gasteiger partial charge in [0.1, 0.15) is 10.8 Å². The SMILES string of the molecule is COc1ccc2nc(CN3CCNC[C@H]3C)sc2c1.Cl. The predicted octanol–water partition coefficient (Wildman–Crippen LogP) is 2.52. The average molecular weight is 314 g/mol. The number of piperazine rings is 1. The van der Waals surface area contributed by atoms with Gasteiger partial charge in [-0.05, 0) is 25.1 Å². The predicted molar refractivity (Wildman–Crippen MR) is 86.2 cm³/mol. The molecule has 1 aliphatic rings. The lowest BCUT2D eigenvalue weighted by molar-refractivity contribution is 0.165. The molecule has 4 nitrogen and oxygen atoms in total. The molecule has 1 saturated heterocycles. The van der Waals surface area contributed by atoms with Gasteiger partial charge in [0, 0.05) is 25.7 Å². The van der Waals surface area contributed by atoms with E-state index in [2.05, 4.69) is 23.2 Å². The van der Waals surface area contributed by atoms with Crippen LogP contribution in [-0.4, -0.2) is 42.7 Å². The summed E-state index contributed by atoms with van der Waals surface area (Å²) in [5.41, 5.74) is 1.07. The highest BCUT2D eigenvalue weighted by Gasteiger charge is 2.19. The summed E-state index contributed by atoms with van der Waals surface area (Å²) < 4.78 is 6.46. The molecule has 0 unspecified atom stereocenters. The van der Waals surface area contributed by atoms with Crippen LogP contribution in [0.15, 0.2) is 18.2 Å². The Kier molecular flexibility index (Phi) is 5.21. The Morgan fingerprint density at radius 1 is 1.50 bits per heavy atom. The summed E-state index contributed by atoms with van der Waals surface area (Å²) in [4.78, 5) is 7.21. The van der Waals surface area contributed by atoms with Crippen LogP contribution in [-0.2, 0) is 6.54 Å². The minimum atomic E-state index is 0. The molecule has 110 valence electrons. The van der Waals surface area contributed by atoms with E-state index >= 15 is 0 Å². The van der Waals surface area contributed by atoms with E-state index < -0.39 is 0 Å². The summed E-state index contributed by atoms with van der Waals surface area (Å²) in [6, 6.07) is 6.65. The molecule has 1 atom stereocenters. The van der Waals surface area contributed by atoms with Gasteiger partial charge in [-0.25, -0.2) is 4.98 Å². The number of fused-ring (bicyclic) bond motifs is 1. The molecule has 2 heterocycles. The first-order chi connectivity index (χ1) is 9.26. The van der Waals surface area contributed by atoms with Gasteiger partial charge in [-0.2, -0.15) is 0 Å². The molecule has 1 fully saturated rings. The average Bonchev–Trinajstić information content (AvgIpc) is 2.82. The van der Waals surface area contributed by atoms with Gasteiger partial charge in [0.15, 0.2) is 0 Å². The van der Waals surface area contributed by atoms with Crippen molar-refractivity contribution < 1.29 is 4.74 Å². The van der Waals surface area contributed by atoms with Crippen molar-refractivity contribution >= 4 is 34.0 Å². The quantitative estimate of drug-likeness (QED) is 0.945. The number of rotatable bonds is 3. The van der Waals surface area contributed by atoms with E-state index in [1.165, 1.54) is 9.71 Å². The Morgan fingerprint density at radius 2 is 2.35 bits per heavy atom. The third-order valence-electron chi connectivity index (χ3n) is 3.62. The number of halogens is 1. The molecule has 0 saturated carbocycles. The number of nitrogens with zero attached hydrogens (tertiary/aromatic N) is 2. The molecule has 1 aliphatic heterocycles. The zero-order valence-corrected chi connectivity index (χ0v) is 13.4. The number of benzene rings is 1. The number of nitrogens with one attached hydrogen (secondary N) is 1. The largest absolute Gasteiger partial charge is 0.497 e. The fraction of sp³-hybridized carbons (Fsp3) is 0.500. The van der Waals surface area contributed by atoms with E-state index in [1.54, 1.807) is 18.4 Å². The van der Waals surface area contributed by atoms with Crippen molar-refractivity contribution in [3.05, 3.63) is 23.2 Å². The molecule has 1 aromatic carbocycles. The maximum absolute atomic E-state index is 5.26. The van der Waals surface area contributed by atoms with Gasteiger partial charge in [-0.1, -0.05) is 0 Å². The first-order valence-corrected chi connectivity index (χ1v) is 7.46. The summed E-state index contributed by atoms with van der Waals surface area (Å²) in [5, 5.41) is 4.61. The fourth-order valence-electron chi connectivity index (χ4n) is 2.44. The molecule has 20 heavy (non-hydrogen) atoms. The molecule has 0 aliphatic carbocycles. The lowest BCUT2D eigenvalue weighted by atomic mass is 10.2. The van der Waals surface area contributed by atoms with E-state index in [0.717, 1.165) is 37.4 Å². The molecule has 0 bridgehead atoms. The van der Waals surface area contributed by atoms with Crippen LogP contribution in [0.4, 0.5) is 0 Å². The smallest absolute Gasteiger partial charge is 0.120 e. The molecular weight excluding hydrogens is 294 g/mol. The molecule has 0 amide bonds. The topological polar surface area (TPSA) is 37.4 Å². The van der Waals surface area contributed by atoms with Crippen molar-refractivity contribution in [2.45, 2.75) is 19.5 Å². The second-order valence-electron chi connectivity index (χ2n) is 4.96. The van der Waals surface area contributed by atoms with Crippen LogP contribution in [0.1, 0.15) is 11.9 Å².